The van der Waals surface area contributed by atoms with Gasteiger partial charge in [0.1, 0.15) is 16.8 Å². The topological polar surface area (TPSA) is 79.5 Å². The highest BCUT2D eigenvalue weighted by Gasteiger charge is 2.90. The number of nitrogens with zero attached hydrogens (tertiary/aromatic N) is 2. The monoisotopic (exact) mass is 452 g/mol. The van der Waals surface area contributed by atoms with Crippen molar-refractivity contribution < 1.29 is 23.9 Å². The summed E-state index contributed by atoms with van der Waals surface area (Å²) in [4.78, 5) is 43.5. The van der Waals surface area contributed by atoms with Crippen LogP contribution in [0.25, 0.3) is 0 Å². The summed E-state index contributed by atoms with van der Waals surface area (Å²) in [5.74, 6) is -0.0410. The van der Waals surface area contributed by atoms with Crippen molar-refractivity contribution in [3.63, 3.8) is 0 Å². The smallest absolute Gasteiger partial charge is 0.421 e. The normalized spacial score (nSPS) is 38.0. The van der Waals surface area contributed by atoms with Crippen molar-refractivity contribution in [2.45, 2.75) is 95.0 Å². The van der Waals surface area contributed by atoms with E-state index in [-0.39, 0.29) is 17.9 Å². The van der Waals surface area contributed by atoms with E-state index in [4.69, 9.17) is 9.47 Å². The fourth-order valence-electron chi connectivity index (χ4n) is 7.61. The van der Waals surface area contributed by atoms with Crippen molar-refractivity contribution >= 4 is 23.6 Å². The number of fused-ring (bicyclic) bond motifs is 3. The van der Waals surface area contributed by atoms with Crippen molar-refractivity contribution in [2.24, 2.45) is 5.41 Å². The van der Waals surface area contributed by atoms with E-state index in [1.165, 1.54) is 4.90 Å². The molecule has 4 atom stereocenters. The Balaban J connectivity index is 1.47. The number of piperidine rings is 2. The average Bonchev–Trinajstić information content (AvgIpc) is 3.26. The molecular weight excluding hydrogens is 420 g/mol. The summed E-state index contributed by atoms with van der Waals surface area (Å²) in [6, 6.07) is 7.74. The van der Waals surface area contributed by atoms with Crippen LogP contribution in [0.5, 0.6) is 0 Å². The second-order valence-corrected chi connectivity index (χ2v) is 12.0. The summed E-state index contributed by atoms with van der Waals surface area (Å²) < 4.78 is 12.2. The number of epoxide rings is 1. The number of anilines is 1. The number of ether oxygens (including phenoxy) is 2. The second-order valence-electron chi connectivity index (χ2n) is 12.0. The summed E-state index contributed by atoms with van der Waals surface area (Å²) >= 11 is 0. The Labute approximate surface area is 194 Å². The third-order valence-electron chi connectivity index (χ3n) is 9.08. The molecule has 5 aliphatic rings. The summed E-state index contributed by atoms with van der Waals surface area (Å²) in [5.41, 5.74) is -1.74. The van der Waals surface area contributed by atoms with Crippen molar-refractivity contribution in [1.29, 1.82) is 0 Å². The molecule has 3 saturated heterocycles. The molecular formula is C26H32N2O5. The Kier molecular flexibility index (Phi) is 3.83. The van der Waals surface area contributed by atoms with Gasteiger partial charge in [-0.3, -0.25) is 9.59 Å². The minimum Gasteiger partial charge on any atom is -0.443 e. The summed E-state index contributed by atoms with van der Waals surface area (Å²) in [6.07, 6.45) is 3.05. The first-order chi connectivity index (χ1) is 15.4. The molecule has 0 aromatic heterocycles. The van der Waals surface area contributed by atoms with Crippen molar-refractivity contribution in [3.05, 3.63) is 29.8 Å². The van der Waals surface area contributed by atoms with E-state index < -0.39 is 33.7 Å². The van der Waals surface area contributed by atoms with E-state index in [9.17, 15) is 14.4 Å². The van der Waals surface area contributed by atoms with Crippen molar-refractivity contribution in [3.8, 4) is 0 Å². The second kappa shape index (κ2) is 5.98. The van der Waals surface area contributed by atoms with Gasteiger partial charge in [-0.25, -0.2) is 9.69 Å². The molecule has 7 heteroatoms. The molecule has 1 aromatic carbocycles. The number of carbonyl (C=O) groups excluding carboxylic acids is 3. The van der Waals surface area contributed by atoms with Crippen LogP contribution < -0.4 is 4.90 Å². The number of carbonyl (C=O) groups is 3. The Morgan fingerprint density at radius 2 is 1.91 bits per heavy atom. The standard InChI is InChI=1S/C26H32N2O5/c1-22(2,3)32-21(31)28-18-11-7-6-10-17(18)25(20(28)30)14-24-15-27-16(9-8-12-19(27)29)13-26(24,33-24)23(25,4)5/h6-7,10-11,16H,8-9,12-15H2,1-5H3/t16-,24-,25+,26-/m1/s1. The third-order valence-corrected chi connectivity index (χ3v) is 9.08. The molecule has 0 bridgehead atoms. The number of amides is 3. The van der Waals surface area contributed by atoms with Gasteiger partial charge in [0, 0.05) is 30.7 Å². The van der Waals surface area contributed by atoms with Gasteiger partial charge >= 0.3 is 6.09 Å². The van der Waals surface area contributed by atoms with Gasteiger partial charge in [0.25, 0.3) is 0 Å². The van der Waals surface area contributed by atoms with Gasteiger partial charge < -0.3 is 14.4 Å². The Morgan fingerprint density at radius 3 is 2.64 bits per heavy atom. The lowest BCUT2D eigenvalue weighted by atomic mass is 9.59. The van der Waals surface area contributed by atoms with E-state index in [2.05, 4.69) is 13.8 Å². The number of hydrogen-bond donors (Lipinski definition) is 0. The molecule has 3 amide bonds. The van der Waals surface area contributed by atoms with Gasteiger partial charge in [-0.05, 0) is 45.2 Å². The first-order valence-electron chi connectivity index (χ1n) is 12.1. The highest BCUT2D eigenvalue weighted by atomic mass is 16.6. The highest BCUT2D eigenvalue weighted by Crippen LogP contribution is 2.79. The molecule has 1 saturated carbocycles. The fraction of sp³-hybridized carbons (Fsp3) is 0.654. The van der Waals surface area contributed by atoms with Crippen LogP contribution in [0.3, 0.4) is 0 Å². The fourth-order valence-corrected chi connectivity index (χ4v) is 7.61. The maximum absolute atomic E-state index is 14.3. The van der Waals surface area contributed by atoms with Gasteiger partial charge in [-0.15, -0.1) is 0 Å². The first-order valence-corrected chi connectivity index (χ1v) is 12.1. The van der Waals surface area contributed by atoms with Gasteiger partial charge in [-0.2, -0.15) is 0 Å². The van der Waals surface area contributed by atoms with Crippen LogP contribution in [0.15, 0.2) is 24.3 Å². The van der Waals surface area contributed by atoms with Crippen LogP contribution in [0.1, 0.15) is 72.3 Å². The zero-order chi connectivity index (χ0) is 23.6. The molecule has 4 heterocycles. The van der Waals surface area contributed by atoms with Gasteiger partial charge in [0.2, 0.25) is 11.8 Å². The zero-order valence-electron chi connectivity index (χ0n) is 20.1. The summed E-state index contributed by atoms with van der Waals surface area (Å²) in [7, 11) is 0. The van der Waals surface area contributed by atoms with Crippen LogP contribution in [0.2, 0.25) is 0 Å². The molecule has 0 unspecified atom stereocenters. The van der Waals surface area contributed by atoms with E-state index in [0.29, 0.717) is 25.1 Å². The molecule has 7 nitrogen and oxygen atoms in total. The number of para-hydroxylation sites is 1. The lowest BCUT2D eigenvalue weighted by Gasteiger charge is -2.46. The molecule has 176 valence electrons. The lowest BCUT2D eigenvalue weighted by molar-refractivity contribution is -0.139. The Hall–Kier alpha value is -2.41. The molecule has 1 aliphatic carbocycles. The predicted molar refractivity (Wildman–Crippen MR) is 121 cm³/mol. The quantitative estimate of drug-likeness (QED) is 0.558. The summed E-state index contributed by atoms with van der Waals surface area (Å²) in [5, 5.41) is 0. The van der Waals surface area contributed by atoms with Crippen LogP contribution in [-0.2, 0) is 24.5 Å². The zero-order valence-corrected chi connectivity index (χ0v) is 20.1. The SMILES string of the molecule is CC(C)(C)OC(=O)N1C(=O)[C@]2(C[C@@]34CN5C(=O)CCC[C@@H]5C[C@@]3(O4)C2(C)C)c2ccccc21. The molecule has 1 aromatic rings. The maximum atomic E-state index is 14.3. The predicted octanol–water partition coefficient (Wildman–Crippen LogP) is 3.93. The first kappa shape index (κ1) is 21.1. The molecule has 4 fully saturated rings. The summed E-state index contributed by atoms with van der Waals surface area (Å²) in [6.45, 7) is 10.2. The van der Waals surface area contributed by atoms with E-state index in [1.807, 2.05) is 29.2 Å². The highest BCUT2D eigenvalue weighted by molar-refractivity contribution is 6.22. The minimum absolute atomic E-state index is 0.157. The van der Waals surface area contributed by atoms with Crippen LogP contribution in [0, 0.1) is 5.41 Å². The number of rotatable bonds is 0. The van der Waals surface area contributed by atoms with E-state index >= 15 is 0 Å². The minimum atomic E-state index is -0.906. The van der Waals surface area contributed by atoms with Crippen molar-refractivity contribution in [2.75, 3.05) is 11.4 Å². The third kappa shape index (κ3) is 2.32. The lowest BCUT2D eigenvalue weighted by Crippen LogP contribution is -2.58. The maximum Gasteiger partial charge on any atom is 0.421 e. The number of imide groups is 1. The van der Waals surface area contributed by atoms with Crippen LogP contribution in [0.4, 0.5) is 10.5 Å². The molecule has 0 N–H and O–H groups in total. The Bertz CT molecular complexity index is 1110. The van der Waals surface area contributed by atoms with Crippen molar-refractivity contribution in [1.82, 2.24) is 4.90 Å². The molecule has 4 aliphatic heterocycles. The molecule has 0 radical (unpaired) electrons. The molecule has 6 rings (SSSR count). The van der Waals surface area contributed by atoms with Gasteiger partial charge in [0.15, 0.2) is 0 Å². The van der Waals surface area contributed by atoms with Crippen LogP contribution >= 0.6 is 0 Å². The van der Waals surface area contributed by atoms with Crippen LogP contribution in [-0.4, -0.2) is 52.2 Å². The van der Waals surface area contributed by atoms with E-state index in [1.54, 1.807) is 20.8 Å². The van der Waals surface area contributed by atoms with Gasteiger partial charge in [-0.1, -0.05) is 32.0 Å². The number of hydrogen-bond acceptors (Lipinski definition) is 5. The largest absolute Gasteiger partial charge is 0.443 e. The molecule has 33 heavy (non-hydrogen) atoms. The Morgan fingerprint density at radius 1 is 1.18 bits per heavy atom. The van der Waals surface area contributed by atoms with Gasteiger partial charge in [0.05, 0.1) is 17.6 Å². The average molecular weight is 453 g/mol. The van der Waals surface area contributed by atoms with E-state index in [0.717, 1.165) is 24.8 Å². The molecule has 1 spiro atoms. The number of benzene rings is 1.